The summed E-state index contributed by atoms with van der Waals surface area (Å²) in [6.45, 7) is 0.0875. The average molecular weight is 295 g/mol. The molecule has 0 radical (unpaired) electrons. The molecule has 0 aliphatic rings. The second kappa shape index (κ2) is 6.45. The average Bonchev–Trinajstić information content (AvgIpc) is 2.87. The molecular weight excluding hydrogens is 280 g/mol. The van der Waals surface area contributed by atoms with Crippen molar-refractivity contribution in [3.05, 3.63) is 52.8 Å². The Morgan fingerprint density at radius 2 is 2.14 bits per heavy atom. The normalized spacial score (nSPS) is 10.9. The molecule has 1 aromatic heterocycles. The van der Waals surface area contributed by atoms with Crippen LogP contribution in [0, 0.1) is 0 Å². The third-order valence-corrected chi connectivity index (χ3v) is 2.94. The molecule has 0 saturated heterocycles. The number of nitrogens with zero attached hydrogens (tertiary/aromatic N) is 2. The molecule has 7 heteroatoms. The number of nitrogens with one attached hydrogen (secondary N) is 1. The number of carbonyl (C=O) groups is 1. The predicted octanol–water partition coefficient (Wildman–Crippen LogP) is 1.78. The van der Waals surface area contributed by atoms with Crippen LogP contribution >= 0.6 is 0 Å². The highest BCUT2D eigenvalue weighted by Gasteiger charge is 2.22. The van der Waals surface area contributed by atoms with Crippen LogP contribution in [-0.2, 0) is 20.2 Å². The Bertz CT molecular complexity index is 641. The van der Waals surface area contributed by atoms with Gasteiger partial charge < -0.3 is 10.4 Å². The summed E-state index contributed by atoms with van der Waals surface area (Å²) in [4.78, 5) is 12.0. The number of amides is 1. The molecule has 0 atom stereocenters. The number of aryl methyl sites for hydroxylation is 1. The Balaban J connectivity index is 2.08. The number of rotatable bonds is 5. The van der Waals surface area contributed by atoms with E-state index in [1.807, 2.05) is 0 Å². The van der Waals surface area contributed by atoms with Crippen molar-refractivity contribution in [2.45, 2.75) is 19.6 Å². The van der Waals surface area contributed by atoms with Crippen LogP contribution in [0.15, 0.2) is 30.5 Å². The van der Waals surface area contributed by atoms with Gasteiger partial charge in [0.1, 0.15) is 5.69 Å². The van der Waals surface area contributed by atoms with Gasteiger partial charge in [-0.1, -0.05) is 24.3 Å². The van der Waals surface area contributed by atoms with Crippen LogP contribution in [0.25, 0.3) is 0 Å². The maximum atomic E-state index is 12.8. The molecule has 0 unspecified atom stereocenters. The lowest BCUT2D eigenvalue weighted by molar-refractivity contribution is 0.0936. The summed E-state index contributed by atoms with van der Waals surface area (Å²) in [7, 11) is 1.48. The number of aliphatic hydroxyl groups excluding tert-OH is 1. The van der Waals surface area contributed by atoms with E-state index >= 15 is 0 Å². The molecule has 1 heterocycles. The van der Waals surface area contributed by atoms with E-state index in [4.69, 9.17) is 5.11 Å². The third kappa shape index (κ3) is 3.63. The van der Waals surface area contributed by atoms with Crippen LogP contribution < -0.4 is 5.32 Å². The van der Waals surface area contributed by atoms with E-state index in [-0.39, 0.29) is 18.7 Å². The number of benzene rings is 1. The lowest BCUT2D eigenvalue weighted by atomic mass is 10.1. The number of aliphatic hydroxyl groups is 1. The molecule has 0 spiro atoms. The van der Waals surface area contributed by atoms with Crippen molar-refractivity contribution in [1.82, 2.24) is 15.1 Å². The van der Waals surface area contributed by atoms with Crippen LogP contribution in [0.3, 0.4) is 0 Å². The van der Waals surface area contributed by atoms with Crippen molar-refractivity contribution in [3.8, 4) is 0 Å². The van der Waals surface area contributed by atoms with Crippen molar-refractivity contribution in [3.63, 3.8) is 0 Å². The summed E-state index contributed by atoms with van der Waals surface area (Å²) in [6.07, 6.45) is -1.54. The Morgan fingerprint density at radius 1 is 1.43 bits per heavy atom. The molecule has 2 rings (SSSR count). The maximum absolute atomic E-state index is 12.8. The Morgan fingerprint density at radius 3 is 2.81 bits per heavy atom. The molecule has 1 amide bonds. The number of aromatic nitrogens is 2. The highest BCUT2D eigenvalue weighted by molar-refractivity contribution is 5.95. The van der Waals surface area contributed by atoms with Crippen molar-refractivity contribution in [2.24, 2.45) is 7.05 Å². The van der Waals surface area contributed by atoms with Crippen LogP contribution in [0.4, 0.5) is 8.78 Å². The summed E-state index contributed by atoms with van der Waals surface area (Å²) in [5.74, 6) is -0.604. The third-order valence-electron chi connectivity index (χ3n) is 2.94. The van der Waals surface area contributed by atoms with E-state index < -0.39 is 18.0 Å². The molecule has 21 heavy (non-hydrogen) atoms. The number of hydrogen-bond donors (Lipinski definition) is 2. The summed E-state index contributed by atoms with van der Waals surface area (Å²) in [6, 6.07) is 7.01. The molecule has 2 aromatic rings. The van der Waals surface area contributed by atoms with Gasteiger partial charge in [-0.05, 0) is 11.1 Å². The Kier molecular flexibility index (Phi) is 4.64. The maximum Gasteiger partial charge on any atom is 0.282 e. The van der Waals surface area contributed by atoms with Crippen molar-refractivity contribution >= 4 is 5.91 Å². The van der Waals surface area contributed by atoms with Gasteiger partial charge in [0, 0.05) is 19.8 Å². The second-order valence-electron chi connectivity index (χ2n) is 4.56. The number of alkyl halides is 2. The molecule has 0 saturated carbocycles. The van der Waals surface area contributed by atoms with Gasteiger partial charge in [0.25, 0.3) is 12.3 Å². The smallest absolute Gasteiger partial charge is 0.282 e. The highest BCUT2D eigenvalue weighted by Crippen LogP contribution is 2.20. The molecule has 0 bridgehead atoms. The van der Waals surface area contributed by atoms with E-state index in [9.17, 15) is 13.6 Å². The van der Waals surface area contributed by atoms with Gasteiger partial charge in [0.2, 0.25) is 0 Å². The van der Waals surface area contributed by atoms with Gasteiger partial charge >= 0.3 is 0 Å². The van der Waals surface area contributed by atoms with Gasteiger partial charge in [-0.15, -0.1) is 0 Å². The minimum absolute atomic E-state index is 0.0973. The first kappa shape index (κ1) is 15.1. The topological polar surface area (TPSA) is 67.2 Å². The Hall–Kier alpha value is -2.28. The zero-order chi connectivity index (χ0) is 15.4. The fraction of sp³-hybridized carbons (Fsp3) is 0.286. The summed E-state index contributed by atoms with van der Waals surface area (Å²) in [5.41, 5.74) is 0.832. The lowest BCUT2D eigenvalue weighted by Crippen LogP contribution is -2.23. The van der Waals surface area contributed by atoms with Crippen LogP contribution in [0.2, 0.25) is 0 Å². The first-order chi connectivity index (χ1) is 10.0. The molecule has 1 aromatic carbocycles. The molecule has 0 fully saturated rings. The van der Waals surface area contributed by atoms with Crippen molar-refractivity contribution in [2.75, 3.05) is 0 Å². The van der Waals surface area contributed by atoms with Crippen LogP contribution in [0.5, 0.6) is 0 Å². The van der Waals surface area contributed by atoms with Crippen LogP contribution in [-0.4, -0.2) is 20.8 Å². The zero-order valence-electron chi connectivity index (χ0n) is 11.4. The van der Waals surface area contributed by atoms with Crippen molar-refractivity contribution < 1.29 is 18.7 Å². The van der Waals surface area contributed by atoms with E-state index in [1.165, 1.54) is 17.9 Å². The van der Waals surface area contributed by atoms with Crippen LogP contribution in [0.1, 0.15) is 33.6 Å². The molecule has 0 aliphatic carbocycles. The standard InChI is InChI=1S/C14H15F2N3O2/c1-19-7-11(12(18-19)13(15)16)14(21)17-6-9-3-2-4-10(5-9)8-20/h2-5,7,13,20H,6,8H2,1H3,(H,17,21). The summed E-state index contributed by atoms with van der Waals surface area (Å²) in [5, 5.41) is 15.2. The first-order valence-corrected chi connectivity index (χ1v) is 6.30. The SMILES string of the molecule is Cn1cc(C(=O)NCc2cccc(CO)c2)c(C(F)F)n1. The summed E-state index contributed by atoms with van der Waals surface area (Å²) >= 11 is 0. The predicted molar refractivity (Wildman–Crippen MR) is 71.7 cm³/mol. The van der Waals surface area contributed by atoms with Gasteiger partial charge in [0.15, 0.2) is 0 Å². The van der Waals surface area contributed by atoms with Gasteiger partial charge in [-0.2, -0.15) is 5.10 Å². The van der Waals surface area contributed by atoms with E-state index in [2.05, 4.69) is 10.4 Å². The minimum atomic E-state index is -2.80. The number of halogens is 2. The fourth-order valence-electron chi connectivity index (χ4n) is 1.96. The highest BCUT2D eigenvalue weighted by atomic mass is 19.3. The first-order valence-electron chi connectivity index (χ1n) is 6.30. The van der Waals surface area contributed by atoms with Gasteiger partial charge in [-0.3, -0.25) is 9.48 Å². The zero-order valence-corrected chi connectivity index (χ0v) is 11.4. The summed E-state index contributed by atoms with van der Waals surface area (Å²) < 4.78 is 26.7. The number of hydrogen-bond acceptors (Lipinski definition) is 3. The minimum Gasteiger partial charge on any atom is -0.392 e. The molecule has 2 N–H and O–H groups in total. The van der Waals surface area contributed by atoms with Gasteiger partial charge in [0.05, 0.1) is 12.2 Å². The van der Waals surface area contributed by atoms with E-state index in [0.717, 1.165) is 11.1 Å². The largest absolute Gasteiger partial charge is 0.392 e. The van der Waals surface area contributed by atoms with Gasteiger partial charge in [-0.25, -0.2) is 8.78 Å². The van der Waals surface area contributed by atoms with E-state index in [0.29, 0.717) is 0 Å². The van der Waals surface area contributed by atoms with E-state index in [1.54, 1.807) is 24.3 Å². The number of carbonyl (C=O) groups excluding carboxylic acids is 1. The monoisotopic (exact) mass is 295 g/mol. The molecule has 112 valence electrons. The molecule has 0 aliphatic heterocycles. The second-order valence-corrected chi connectivity index (χ2v) is 4.56. The quantitative estimate of drug-likeness (QED) is 0.883. The van der Waals surface area contributed by atoms with Crippen molar-refractivity contribution in [1.29, 1.82) is 0 Å². The molecule has 5 nitrogen and oxygen atoms in total. The lowest BCUT2D eigenvalue weighted by Gasteiger charge is -2.06. The molecular formula is C14H15F2N3O2. The Labute approximate surface area is 120 Å². The fourth-order valence-corrected chi connectivity index (χ4v) is 1.96.